The second-order valence-corrected chi connectivity index (χ2v) is 7.09. The average Bonchev–Trinajstić information content (AvgIpc) is 3.12. The monoisotopic (exact) mass is 541 g/mol. The van der Waals surface area contributed by atoms with Gasteiger partial charge in [0, 0.05) is 49.3 Å². The van der Waals surface area contributed by atoms with E-state index in [1.165, 1.54) is 5.56 Å². The van der Waals surface area contributed by atoms with Crippen molar-refractivity contribution in [1.29, 1.82) is 0 Å². The summed E-state index contributed by atoms with van der Waals surface area (Å²) in [5.74, 6) is 4.03. The molecule has 2 aromatic carbocycles. The summed E-state index contributed by atoms with van der Waals surface area (Å²) in [5.41, 5.74) is 3.25. The molecule has 3 rings (SSSR count). The molecule has 2 N–H and O–H groups in total. The second kappa shape index (κ2) is 11.9. The zero-order valence-corrected chi connectivity index (χ0v) is 21.1. The first-order valence-electron chi connectivity index (χ1n) is 10.2. The van der Waals surface area contributed by atoms with Gasteiger partial charge in [0.2, 0.25) is 0 Å². The van der Waals surface area contributed by atoms with Crippen LogP contribution in [-0.4, -0.2) is 39.9 Å². The standard InChI is InChI=1S/C23H31N3O4.HI/c1-6-29-21-10-17-9-15(2)30-22(17)11-18(21)14-26-23(24-3)25-13-16-7-8-19(27-4)12-20(16)28-5;/h7-8,10-12,15H,6,9,13-14H2,1-5H3,(H2,24,25,26);1H. The van der Waals surface area contributed by atoms with Gasteiger partial charge in [-0.3, -0.25) is 4.99 Å². The number of hydrogen-bond donors (Lipinski definition) is 2. The minimum absolute atomic E-state index is 0. The molecule has 1 aliphatic heterocycles. The molecular formula is C23H32IN3O4. The molecule has 170 valence electrons. The number of ether oxygens (including phenoxy) is 4. The van der Waals surface area contributed by atoms with Gasteiger partial charge < -0.3 is 29.6 Å². The largest absolute Gasteiger partial charge is 0.497 e. The highest BCUT2D eigenvalue weighted by Crippen LogP contribution is 2.35. The molecule has 7 nitrogen and oxygen atoms in total. The minimum Gasteiger partial charge on any atom is -0.497 e. The van der Waals surface area contributed by atoms with Crippen molar-refractivity contribution in [3.8, 4) is 23.0 Å². The van der Waals surface area contributed by atoms with Crippen molar-refractivity contribution in [2.75, 3.05) is 27.9 Å². The van der Waals surface area contributed by atoms with Crippen LogP contribution in [0.25, 0.3) is 0 Å². The molecule has 1 aliphatic rings. The van der Waals surface area contributed by atoms with Crippen LogP contribution >= 0.6 is 24.0 Å². The molecule has 0 saturated heterocycles. The van der Waals surface area contributed by atoms with Crippen molar-refractivity contribution in [3.05, 3.63) is 47.0 Å². The van der Waals surface area contributed by atoms with Crippen molar-refractivity contribution in [3.63, 3.8) is 0 Å². The third-order valence-electron chi connectivity index (χ3n) is 4.99. The summed E-state index contributed by atoms with van der Waals surface area (Å²) >= 11 is 0. The number of nitrogens with zero attached hydrogens (tertiary/aromatic N) is 1. The summed E-state index contributed by atoms with van der Waals surface area (Å²) in [6, 6.07) is 9.92. The van der Waals surface area contributed by atoms with Crippen molar-refractivity contribution >= 4 is 29.9 Å². The van der Waals surface area contributed by atoms with Crippen LogP contribution in [0.15, 0.2) is 35.3 Å². The van der Waals surface area contributed by atoms with Gasteiger partial charge in [-0.15, -0.1) is 24.0 Å². The molecule has 0 radical (unpaired) electrons. The maximum absolute atomic E-state index is 5.91. The molecule has 1 unspecified atom stereocenters. The number of hydrogen-bond acceptors (Lipinski definition) is 5. The lowest BCUT2D eigenvalue weighted by molar-refractivity contribution is 0.254. The van der Waals surface area contributed by atoms with Crippen LogP contribution in [0.4, 0.5) is 0 Å². The first kappa shape index (κ1) is 24.9. The molecule has 31 heavy (non-hydrogen) atoms. The molecule has 0 aromatic heterocycles. The first-order valence-corrected chi connectivity index (χ1v) is 10.2. The zero-order valence-electron chi connectivity index (χ0n) is 18.8. The van der Waals surface area contributed by atoms with Crippen LogP contribution in [0, 0.1) is 0 Å². The SMILES string of the molecule is CCOc1cc2c(cc1CNC(=NC)NCc1ccc(OC)cc1OC)OC(C)C2.I. The predicted molar refractivity (Wildman–Crippen MR) is 133 cm³/mol. The Morgan fingerprint density at radius 2 is 1.81 bits per heavy atom. The summed E-state index contributed by atoms with van der Waals surface area (Å²) in [6.45, 7) is 5.83. The normalized spacial score (nSPS) is 14.7. The van der Waals surface area contributed by atoms with E-state index >= 15 is 0 Å². The Hall–Kier alpha value is -2.36. The molecule has 8 heteroatoms. The summed E-state index contributed by atoms with van der Waals surface area (Å²) < 4.78 is 22.5. The van der Waals surface area contributed by atoms with Crippen LogP contribution in [0.2, 0.25) is 0 Å². The number of aliphatic imine (C=N–C) groups is 1. The van der Waals surface area contributed by atoms with Gasteiger partial charge in [-0.1, -0.05) is 0 Å². The third kappa shape index (κ3) is 6.32. The molecule has 1 atom stereocenters. The number of benzene rings is 2. The van der Waals surface area contributed by atoms with Crippen molar-refractivity contribution < 1.29 is 18.9 Å². The first-order chi connectivity index (χ1) is 14.6. The van der Waals surface area contributed by atoms with Gasteiger partial charge in [0.1, 0.15) is 29.1 Å². The van der Waals surface area contributed by atoms with Crippen LogP contribution in [0.1, 0.15) is 30.5 Å². The van der Waals surface area contributed by atoms with Crippen LogP contribution in [0.3, 0.4) is 0 Å². The van der Waals surface area contributed by atoms with E-state index in [1.54, 1.807) is 21.3 Å². The van der Waals surface area contributed by atoms with Gasteiger partial charge in [0.15, 0.2) is 5.96 Å². The Bertz CT molecular complexity index is 905. The van der Waals surface area contributed by atoms with Crippen molar-refractivity contribution in [1.82, 2.24) is 10.6 Å². The molecule has 0 spiro atoms. The van der Waals surface area contributed by atoms with E-state index in [-0.39, 0.29) is 30.1 Å². The average molecular weight is 541 g/mol. The van der Waals surface area contributed by atoms with E-state index in [0.717, 1.165) is 40.5 Å². The summed E-state index contributed by atoms with van der Waals surface area (Å²) in [5, 5.41) is 6.68. The number of rotatable bonds is 8. The van der Waals surface area contributed by atoms with E-state index in [1.807, 2.05) is 25.1 Å². The third-order valence-corrected chi connectivity index (χ3v) is 4.99. The molecular weight excluding hydrogens is 509 g/mol. The topological polar surface area (TPSA) is 73.3 Å². The lowest BCUT2D eigenvalue weighted by atomic mass is 10.1. The van der Waals surface area contributed by atoms with Crippen molar-refractivity contribution in [2.24, 2.45) is 4.99 Å². The molecule has 2 aromatic rings. The molecule has 0 aliphatic carbocycles. The number of halogens is 1. The van der Waals surface area contributed by atoms with E-state index in [9.17, 15) is 0 Å². The molecule has 0 bridgehead atoms. The fourth-order valence-corrected chi connectivity index (χ4v) is 3.49. The van der Waals surface area contributed by atoms with Crippen LogP contribution < -0.4 is 29.6 Å². The number of nitrogens with one attached hydrogen (secondary N) is 2. The van der Waals surface area contributed by atoms with Gasteiger partial charge in [-0.25, -0.2) is 0 Å². The Morgan fingerprint density at radius 1 is 1.06 bits per heavy atom. The maximum Gasteiger partial charge on any atom is 0.191 e. The fourth-order valence-electron chi connectivity index (χ4n) is 3.49. The molecule has 0 saturated carbocycles. The van der Waals surface area contributed by atoms with E-state index < -0.39 is 0 Å². The van der Waals surface area contributed by atoms with Gasteiger partial charge in [-0.2, -0.15) is 0 Å². The zero-order chi connectivity index (χ0) is 21.5. The van der Waals surface area contributed by atoms with Gasteiger partial charge >= 0.3 is 0 Å². The Balaban J connectivity index is 0.00000341. The Kier molecular flexibility index (Phi) is 9.54. The van der Waals surface area contributed by atoms with E-state index in [2.05, 4.69) is 34.7 Å². The van der Waals surface area contributed by atoms with Gasteiger partial charge in [-0.05, 0) is 38.1 Å². The highest BCUT2D eigenvalue weighted by atomic mass is 127. The Morgan fingerprint density at radius 3 is 2.45 bits per heavy atom. The highest BCUT2D eigenvalue weighted by molar-refractivity contribution is 14.0. The lowest BCUT2D eigenvalue weighted by Gasteiger charge is -2.16. The van der Waals surface area contributed by atoms with E-state index in [4.69, 9.17) is 18.9 Å². The molecule has 0 fully saturated rings. The molecule has 1 heterocycles. The molecule has 0 amide bonds. The number of fused-ring (bicyclic) bond motifs is 1. The van der Waals surface area contributed by atoms with Crippen molar-refractivity contribution in [2.45, 2.75) is 39.5 Å². The van der Waals surface area contributed by atoms with Gasteiger partial charge in [0.05, 0.1) is 20.8 Å². The smallest absolute Gasteiger partial charge is 0.191 e. The summed E-state index contributed by atoms with van der Waals surface area (Å²) in [7, 11) is 5.04. The van der Waals surface area contributed by atoms with Crippen LogP contribution in [0.5, 0.6) is 23.0 Å². The summed E-state index contributed by atoms with van der Waals surface area (Å²) in [6.07, 6.45) is 1.11. The maximum atomic E-state index is 5.91. The number of guanidine groups is 1. The van der Waals surface area contributed by atoms with Crippen LogP contribution in [-0.2, 0) is 19.5 Å². The fraction of sp³-hybridized carbons (Fsp3) is 0.435. The highest BCUT2D eigenvalue weighted by Gasteiger charge is 2.22. The lowest BCUT2D eigenvalue weighted by Crippen LogP contribution is -2.36. The van der Waals surface area contributed by atoms with E-state index in [0.29, 0.717) is 25.7 Å². The Labute approximate surface area is 201 Å². The minimum atomic E-state index is 0. The van der Waals surface area contributed by atoms with Gasteiger partial charge in [0.25, 0.3) is 0 Å². The predicted octanol–water partition coefficient (Wildman–Crippen LogP) is 3.91. The quantitative estimate of drug-likeness (QED) is 0.300. The summed E-state index contributed by atoms with van der Waals surface area (Å²) in [4.78, 5) is 4.32. The number of methoxy groups -OCH3 is 2. The second-order valence-electron chi connectivity index (χ2n) is 7.09.